The number of hydrogen-bond donors (Lipinski definition) is 2. The summed E-state index contributed by atoms with van der Waals surface area (Å²) in [6.07, 6.45) is 4.23. The topological polar surface area (TPSA) is 64.3 Å². The average Bonchev–Trinajstić information content (AvgIpc) is 2.44. The smallest absolute Gasteiger partial charge is 0.251 e. The average molecular weight is 264 g/mol. The predicted octanol–water partition coefficient (Wildman–Crippen LogP) is 2.33. The van der Waals surface area contributed by atoms with Crippen molar-refractivity contribution in [2.45, 2.75) is 32.6 Å². The van der Waals surface area contributed by atoms with Crippen LogP contribution in [0.3, 0.4) is 0 Å². The molecule has 0 aliphatic carbocycles. The van der Waals surface area contributed by atoms with Crippen LogP contribution in [0.2, 0.25) is 0 Å². The third-order valence-electron chi connectivity index (χ3n) is 2.80. The molecule has 0 fully saturated rings. The largest absolute Gasteiger partial charge is 0.494 e. The van der Waals surface area contributed by atoms with E-state index in [4.69, 9.17) is 10.5 Å². The Balaban J connectivity index is 2.36. The first-order valence-electron chi connectivity index (χ1n) is 6.99. The van der Waals surface area contributed by atoms with Gasteiger partial charge in [-0.2, -0.15) is 0 Å². The number of carbonyl (C=O) groups excluding carboxylic acids is 1. The van der Waals surface area contributed by atoms with E-state index in [0.29, 0.717) is 18.7 Å². The minimum absolute atomic E-state index is 0.0639. The molecule has 0 heterocycles. The number of amides is 1. The fourth-order valence-corrected chi connectivity index (χ4v) is 1.65. The maximum Gasteiger partial charge on any atom is 0.251 e. The second kappa shape index (κ2) is 9.39. The van der Waals surface area contributed by atoms with Crippen molar-refractivity contribution in [1.82, 2.24) is 5.32 Å². The zero-order chi connectivity index (χ0) is 13.9. The molecule has 1 aromatic carbocycles. The summed E-state index contributed by atoms with van der Waals surface area (Å²) in [5, 5.41) is 2.82. The third-order valence-corrected chi connectivity index (χ3v) is 2.80. The lowest BCUT2D eigenvalue weighted by Crippen LogP contribution is -2.25. The van der Waals surface area contributed by atoms with Crippen molar-refractivity contribution in [1.29, 1.82) is 0 Å². The van der Waals surface area contributed by atoms with Crippen LogP contribution in [-0.4, -0.2) is 25.6 Å². The predicted molar refractivity (Wildman–Crippen MR) is 77.5 cm³/mol. The van der Waals surface area contributed by atoms with Crippen molar-refractivity contribution < 1.29 is 9.53 Å². The molecule has 0 bridgehead atoms. The molecule has 0 spiro atoms. The van der Waals surface area contributed by atoms with Gasteiger partial charge in [0.15, 0.2) is 0 Å². The first-order valence-corrected chi connectivity index (χ1v) is 6.99. The highest BCUT2D eigenvalue weighted by molar-refractivity contribution is 5.94. The van der Waals surface area contributed by atoms with Gasteiger partial charge < -0.3 is 15.8 Å². The molecule has 3 N–H and O–H groups in total. The number of nitrogens with two attached hydrogens (primary N) is 1. The maximum absolute atomic E-state index is 11.7. The molecule has 19 heavy (non-hydrogen) atoms. The van der Waals surface area contributed by atoms with Crippen LogP contribution in [0.15, 0.2) is 24.3 Å². The molecule has 4 nitrogen and oxygen atoms in total. The Labute approximate surface area is 115 Å². The lowest BCUT2D eigenvalue weighted by molar-refractivity contribution is 0.0953. The summed E-state index contributed by atoms with van der Waals surface area (Å²) in [6.45, 7) is 4.10. The summed E-state index contributed by atoms with van der Waals surface area (Å²) < 4.78 is 5.59. The fraction of sp³-hybridized carbons (Fsp3) is 0.533. The standard InChI is InChI=1S/C15H24N2O2/c1-2-3-4-12-19-14-8-6-13(7-9-14)15(18)17-11-5-10-16/h6-9H,2-5,10-12,16H2,1H3,(H,17,18). The lowest BCUT2D eigenvalue weighted by atomic mass is 10.2. The Morgan fingerprint density at radius 2 is 1.95 bits per heavy atom. The van der Waals surface area contributed by atoms with Crippen LogP contribution in [-0.2, 0) is 0 Å². The molecule has 0 aliphatic rings. The van der Waals surface area contributed by atoms with Crippen LogP contribution in [0, 0.1) is 0 Å². The minimum Gasteiger partial charge on any atom is -0.494 e. The summed E-state index contributed by atoms with van der Waals surface area (Å²) in [4.78, 5) is 11.7. The van der Waals surface area contributed by atoms with Crippen molar-refractivity contribution in [2.24, 2.45) is 5.73 Å². The molecular formula is C15H24N2O2. The van der Waals surface area contributed by atoms with Crippen LogP contribution in [0.1, 0.15) is 43.0 Å². The Bertz CT molecular complexity index is 363. The number of nitrogens with one attached hydrogen (secondary N) is 1. The maximum atomic E-state index is 11.7. The van der Waals surface area contributed by atoms with Crippen molar-refractivity contribution >= 4 is 5.91 Å². The van der Waals surface area contributed by atoms with E-state index < -0.39 is 0 Å². The summed E-state index contributed by atoms with van der Waals surface area (Å²) in [7, 11) is 0. The van der Waals surface area contributed by atoms with Gasteiger partial charge in [-0.1, -0.05) is 19.8 Å². The normalized spacial score (nSPS) is 10.2. The van der Waals surface area contributed by atoms with Crippen LogP contribution in [0.4, 0.5) is 0 Å². The van der Waals surface area contributed by atoms with Crippen LogP contribution < -0.4 is 15.8 Å². The monoisotopic (exact) mass is 264 g/mol. The van der Waals surface area contributed by atoms with E-state index in [9.17, 15) is 4.79 Å². The van der Waals surface area contributed by atoms with E-state index in [0.717, 1.165) is 25.2 Å². The molecule has 1 rings (SSSR count). The Morgan fingerprint density at radius 3 is 2.58 bits per heavy atom. The third kappa shape index (κ3) is 6.25. The molecule has 0 atom stereocenters. The van der Waals surface area contributed by atoms with Crippen LogP contribution >= 0.6 is 0 Å². The number of benzene rings is 1. The molecule has 0 saturated heterocycles. The van der Waals surface area contributed by atoms with E-state index in [1.54, 1.807) is 12.1 Å². The van der Waals surface area contributed by atoms with Gasteiger partial charge in [-0.05, 0) is 43.7 Å². The van der Waals surface area contributed by atoms with Gasteiger partial charge in [0.1, 0.15) is 5.75 Å². The van der Waals surface area contributed by atoms with E-state index >= 15 is 0 Å². The van der Waals surface area contributed by atoms with Gasteiger partial charge in [-0.3, -0.25) is 4.79 Å². The van der Waals surface area contributed by atoms with Gasteiger partial charge in [0.25, 0.3) is 5.91 Å². The van der Waals surface area contributed by atoms with Crippen molar-refractivity contribution in [3.05, 3.63) is 29.8 Å². The highest BCUT2D eigenvalue weighted by Gasteiger charge is 2.04. The van der Waals surface area contributed by atoms with Crippen LogP contribution in [0.25, 0.3) is 0 Å². The SMILES string of the molecule is CCCCCOc1ccc(C(=O)NCCCN)cc1. The molecule has 4 heteroatoms. The molecule has 0 radical (unpaired) electrons. The second-order valence-electron chi connectivity index (χ2n) is 4.48. The number of unbranched alkanes of at least 4 members (excludes halogenated alkanes) is 2. The van der Waals surface area contributed by atoms with Crippen molar-refractivity contribution in [3.63, 3.8) is 0 Å². The number of hydrogen-bond acceptors (Lipinski definition) is 3. The zero-order valence-corrected chi connectivity index (χ0v) is 11.7. The van der Waals surface area contributed by atoms with E-state index in [-0.39, 0.29) is 5.91 Å². The van der Waals surface area contributed by atoms with E-state index in [1.165, 1.54) is 12.8 Å². The molecule has 106 valence electrons. The first kappa shape index (κ1) is 15.5. The Kier molecular flexibility index (Phi) is 7.66. The Morgan fingerprint density at radius 1 is 1.21 bits per heavy atom. The highest BCUT2D eigenvalue weighted by Crippen LogP contribution is 2.12. The first-order chi connectivity index (χ1) is 9.27. The number of carbonyl (C=O) groups is 1. The second-order valence-corrected chi connectivity index (χ2v) is 4.48. The van der Waals surface area contributed by atoms with Gasteiger partial charge in [-0.15, -0.1) is 0 Å². The quantitative estimate of drug-likeness (QED) is 0.673. The van der Waals surface area contributed by atoms with Gasteiger partial charge in [0, 0.05) is 12.1 Å². The summed E-state index contributed by atoms with van der Waals surface area (Å²) >= 11 is 0. The van der Waals surface area contributed by atoms with Gasteiger partial charge in [0.05, 0.1) is 6.61 Å². The summed E-state index contributed by atoms with van der Waals surface area (Å²) in [6, 6.07) is 7.24. The zero-order valence-electron chi connectivity index (χ0n) is 11.7. The van der Waals surface area contributed by atoms with Gasteiger partial charge >= 0.3 is 0 Å². The number of rotatable bonds is 9. The molecule has 1 aromatic rings. The molecule has 0 aliphatic heterocycles. The molecule has 1 amide bonds. The Hall–Kier alpha value is -1.55. The van der Waals surface area contributed by atoms with E-state index in [2.05, 4.69) is 12.2 Å². The molecular weight excluding hydrogens is 240 g/mol. The van der Waals surface area contributed by atoms with Crippen molar-refractivity contribution in [3.8, 4) is 5.75 Å². The summed E-state index contributed by atoms with van der Waals surface area (Å²) in [5.41, 5.74) is 6.02. The van der Waals surface area contributed by atoms with Crippen molar-refractivity contribution in [2.75, 3.05) is 19.7 Å². The number of ether oxygens (including phenoxy) is 1. The van der Waals surface area contributed by atoms with Gasteiger partial charge in [-0.25, -0.2) is 0 Å². The van der Waals surface area contributed by atoms with Crippen LogP contribution in [0.5, 0.6) is 5.75 Å². The lowest BCUT2D eigenvalue weighted by Gasteiger charge is -2.07. The minimum atomic E-state index is -0.0639. The van der Waals surface area contributed by atoms with Gasteiger partial charge in [0.2, 0.25) is 0 Å². The summed E-state index contributed by atoms with van der Waals surface area (Å²) in [5.74, 6) is 0.751. The van der Waals surface area contributed by atoms with E-state index in [1.807, 2.05) is 12.1 Å². The molecule has 0 unspecified atom stereocenters. The fourth-order valence-electron chi connectivity index (χ4n) is 1.65. The molecule has 0 saturated carbocycles. The highest BCUT2D eigenvalue weighted by atomic mass is 16.5. The molecule has 0 aromatic heterocycles.